The Kier molecular flexibility index (Phi) is 7.60. The molecule has 0 radical (unpaired) electrons. The fourth-order valence-electron chi connectivity index (χ4n) is 4.42. The van der Waals surface area contributed by atoms with Crippen molar-refractivity contribution in [2.24, 2.45) is 9.98 Å². The standard InChI is InChI=1S/C29H28N2.C2H6/c1-6-12-21(13-7-2)27-28(22-18-16-20(5)17-19-22)31-29(30-27)25(9-4)23(8-3)24-14-10-11-15-26(24)29;1-2/h6,8-19H,3-4,7H2,1-2,5H3;1-2H3/b12-6-,21-13+;. The molecule has 0 saturated carbocycles. The monoisotopic (exact) mass is 434 g/mol. The van der Waals surface area contributed by atoms with Gasteiger partial charge in [0.15, 0.2) is 0 Å². The third kappa shape index (κ3) is 4.14. The van der Waals surface area contributed by atoms with E-state index in [1.54, 1.807) is 0 Å². The molecule has 0 fully saturated rings. The van der Waals surface area contributed by atoms with Gasteiger partial charge < -0.3 is 0 Å². The van der Waals surface area contributed by atoms with E-state index in [9.17, 15) is 0 Å². The first-order valence-electron chi connectivity index (χ1n) is 11.8. The van der Waals surface area contributed by atoms with Crippen molar-refractivity contribution in [3.05, 3.63) is 125 Å². The van der Waals surface area contributed by atoms with Gasteiger partial charge in [0.2, 0.25) is 5.66 Å². The van der Waals surface area contributed by atoms with Crippen LogP contribution in [0, 0.1) is 6.92 Å². The van der Waals surface area contributed by atoms with Crippen molar-refractivity contribution in [2.75, 3.05) is 0 Å². The lowest BCUT2D eigenvalue weighted by molar-refractivity contribution is 0.600. The van der Waals surface area contributed by atoms with Gasteiger partial charge in [0.05, 0.1) is 11.4 Å². The van der Waals surface area contributed by atoms with E-state index in [0.29, 0.717) is 0 Å². The Balaban J connectivity index is 0.00000149. The highest BCUT2D eigenvalue weighted by Gasteiger charge is 2.47. The predicted octanol–water partition coefficient (Wildman–Crippen LogP) is 8.17. The zero-order chi connectivity index (χ0) is 24.0. The van der Waals surface area contributed by atoms with Crippen LogP contribution in [0.1, 0.15) is 56.4 Å². The van der Waals surface area contributed by atoms with E-state index in [-0.39, 0.29) is 0 Å². The number of rotatable bonds is 6. The minimum absolute atomic E-state index is 0.828. The number of aryl methyl sites for hydroxylation is 1. The molecule has 2 aliphatic rings. The average molecular weight is 435 g/mol. The number of fused-ring (bicyclic) bond motifs is 2. The Morgan fingerprint density at radius 1 is 0.970 bits per heavy atom. The molecule has 2 heteroatoms. The van der Waals surface area contributed by atoms with Crippen LogP contribution in [0.15, 0.2) is 113 Å². The molecule has 1 aliphatic heterocycles. The fourth-order valence-corrected chi connectivity index (χ4v) is 4.42. The number of hydrogen-bond acceptors (Lipinski definition) is 2. The highest BCUT2D eigenvalue weighted by atomic mass is 15.2. The van der Waals surface area contributed by atoms with Crippen molar-refractivity contribution in [2.45, 2.75) is 46.7 Å². The topological polar surface area (TPSA) is 24.7 Å². The second-order valence-corrected chi connectivity index (χ2v) is 7.81. The zero-order valence-corrected chi connectivity index (χ0v) is 20.5. The maximum atomic E-state index is 5.35. The van der Waals surface area contributed by atoms with Gasteiger partial charge in [0.1, 0.15) is 0 Å². The van der Waals surface area contributed by atoms with Crippen molar-refractivity contribution >= 4 is 17.0 Å². The molecule has 1 heterocycles. The Bertz CT molecular complexity index is 1200. The number of allylic oxidation sites excluding steroid dienone is 6. The average Bonchev–Trinajstić information content (AvgIpc) is 3.37. The maximum Gasteiger partial charge on any atom is 0.204 e. The molecule has 0 amide bonds. The normalized spacial score (nSPS) is 19.2. The van der Waals surface area contributed by atoms with Crippen LogP contribution >= 0.6 is 0 Å². The Labute approximate surface area is 199 Å². The summed E-state index contributed by atoms with van der Waals surface area (Å²) in [5, 5.41) is 0. The fraction of sp³-hybridized carbons (Fsp3) is 0.226. The molecule has 168 valence electrons. The molecule has 2 nitrogen and oxygen atoms in total. The van der Waals surface area contributed by atoms with Crippen LogP contribution in [0.4, 0.5) is 0 Å². The molecule has 1 aliphatic carbocycles. The second kappa shape index (κ2) is 10.4. The van der Waals surface area contributed by atoms with Crippen molar-refractivity contribution in [1.29, 1.82) is 0 Å². The molecule has 0 N–H and O–H groups in total. The van der Waals surface area contributed by atoms with E-state index in [1.165, 1.54) is 5.56 Å². The van der Waals surface area contributed by atoms with Crippen LogP contribution < -0.4 is 0 Å². The Morgan fingerprint density at radius 3 is 2.27 bits per heavy atom. The maximum absolute atomic E-state index is 5.35. The first kappa shape index (κ1) is 24.1. The van der Waals surface area contributed by atoms with Gasteiger partial charge >= 0.3 is 0 Å². The van der Waals surface area contributed by atoms with Gasteiger partial charge in [-0.25, -0.2) is 9.98 Å². The molecule has 0 saturated heterocycles. The quantitative estimate of drug-likeness (QED) is 0.410. The van der Waals surface area contributed by atoms with E-state index in [4.69, 9.17) is 9.98 Å². The van der Waals surface area contributed by atoms with Crippen molar-refractivity contribution < 1.29 is 0 Å². The molecular weight excluding hydrogens is 400 g/mol. The molecule has 4 rings (SSSR count). The molecule has 1 unspecified atom stereocenters. The highest BCUT2D eigenvalue weighted by molar-refractivity contribution is 6.55. The van der Waals surface area contributed by atoms with Crippen molar-refractivity contribution in [1.82, 2.24) is 0 Å². The van der Waals surface area contributed by atoms with Crippen LogP contribution in [-0.4, -0.2) is 11.4 Å². The minimum Gasteiger partial charge on any atom is -0.243 e. The highest BCUT2D eigenvalue weighted by Crippen LogP contribution is 2.51. The molecule has 1 spiro atoms. The summed E-state index contributed by atoms with van der Waals surface area (Å²) in [6, 6.07) is 16.9. The first-order chi connectivity index (χ1) is 16.1. The molecule has 0 aromatic heterocycles. The molecular formula is C31H34N2. The van der Waals surface area contributed by atoms with Crippen LogP contribution in [-0.2, 0) is 5.66 Å². The van der Waals surface area contributed by atoms with Crippen molar-refractivity contribution in [3.8, 4) is 0 Å². The number of benzene rings is 2. The van der Waals surface area contributed by atoms with Crippen LogP contribution in [0.2, 0.25) is 0 Å². The lowest BCUT2D eigenvalue weighted by atomic mass is 9.97. The summed E-state index contributed by atoms with van der Waals surface area (Å²) >= 11 is 0. The molecule has 2 aromatic carbocycles. The summed E-state index contributed by atoms with van der Waals surface area (Å²) < 4.78 is 0. The summed E-state index contributed by atoms with van der Waals surface area (Å²) in [4.78, 5) is 10.7. The van der Waals surface area contributed by atoms with Gasteiger partial charge in [-0.1, -0.05) is 118 Å². The van der Waals surface area contributed by atoms with Gasteiger partial charge in [-0.2, -0.15) is 0 Å². The van der Waals surface area contributed by atoms with E-state index in [1.807, 2.05) is 32.9 Å². The van der Waals surface area contributed by atoms with Gasteiger partial charge in [-0.05, 0) is 37.0 Å². The van der Waals surface area contributed by atoms with Gasteiger partial charge in [-0.3, -0.25) is 0 Å². The molecule has 33 heavy (non-hydrogen) atoms. The van der Waals surface area contributed by atoms with E-state index < -0.39 is 5.66 Å². The SMILES string of the molecule is C=CC1=C(C=C)C2(N=C(C(/C=C\C)=C/CC)C(c3ccc(C)cc3)=N2)c2ccccc21.CC. The van der Waals surface area contributed by atoms with E-state index in [2.05, 4.69) is 93.8 Å². The predicted molar refractivity (Wildman–Crippen MR) is 145 cm³/mol. The van der Waals surface area contributed by atoms with E-state index >= 15 is 0 Å². The van der Waals surface area contributed by atoms with Crippen LogP contribution in [0.3, 0.4) is 0 Å². The van der Waals surface area contributed by atoms with Crippen LogP contribution in [0.5, 0.6) is 0 Å². The largest absolute Gasteiger partial charge is 0.243 e. The molecule has 2 aromatic rings. The second-order valence-electron chi connectivity index (χ2n) is 7.81. The number of aliphatic imine (C=N–C) groups is 2. The molecule has 1 atom stereocenters. The lowest BCUT2D eigenvalue weighted by Gasteiger charge is -2.21. The Morgan fingerprint density at radius 2 is 1.67 bits per heavy atom. The smallest absolute Gasteiger partial charge is 0.204 e. The van der Waals surface area contributed by atoms with Gasteiger partial charge in [0, 0.05) is 16.7 Å². The summed E-state index contributed by atoms with van der Waals surface area (Å²) in [5.41, 5.74) is 8.63. The number of nitrogens with zero attached hydrogens (tertiary/aromatic N) is 2. The summed E-state index contributed by atoms with van der Waals surface area (Å²) in [6.45, 7) is 18.5. The van der Waals surface area contributed by atoms with Gasteiger partial charge in [-0.15, -0.1) is 0 Å². The van der Waals surface area contributed by atoms with Crippen LogP contribution in [0.25, 0.3) is 5.57 Å². The van der Waals surface area contributed by atoms with Gasteiger partial charge in [0.25, 0.3) is 0 Å². The summed E-state index contributed by atoms with van der Waals surface area (Å²) in [5.74, 6) is 0. The third-order valence-corrected chi connectivity index (χ3v) is 5.81. The van der Waals surface area contributed by atoms with E-state index in [0.717, 1.165) is 51.3 Å². The summed E-state index contributed by atoms with van der Waals surface area (Å²) in [7, 11) is 0. The number of hydrogen-bond donors (Lipinski definition) is 0. The zero-order valence-electron chi connectivity index (χ0n) is 20.5. The minimum atomic E-state index is -0.828. The Hall–Kier alpha value is -3.52. The first-order valence-corrected chi connectivity index (χ1v) is 11.8. The summed E-state index contributed by atoms with van der Waals surface area (Å²) in [6.07, 6.45) is 11.1. The molecule has 0 bridgehead atoms. The van der Waals surface area contributed by atoms with Crippen molar-refractivity contribution in [3.63, 3.8) is 0 Å². The third-order valence-electron chi connectivity index (χ3n) is 5.81. The lowest BCUT2D eigenvalue weighted by Crippen LogP contribution is -2.18.